The molecular formula is C22H30N2O3. The van der Waals surface area contributed by atoms with Gasteiger partial charge in [0.2, 0.25) is 5.91 Å². The van der Waals surface area contributed by atoms with Crippen LogP contribution in [0.15, 0.2) is 18.2 Å². The molecule has 1 heterocycles. The fraction of sp³-hybridized carbons (Fsp3) is 0.636. The number of rotatable bonds is 5. The molecule has 5 heteroatoms. The number of hydrogen-bond acceptors (Lipinski definition) is 3. The average molecular weight is 370 g/mol. The van der Waals surface area contributed by atoms with Crippen molar-refractivity contribution in [2.75, 3.05) is 26.7 Å². The molecule has 2 aliphatic carbocycles. The maximum Gasteiger partial charge on any atom is 0.406 e. The van der Waals surface area contributed by atoms with E-state index >= 15 is 0 Å². The lowest BCUT2D eigenvalue weighted by Crippen LogP contribution is -2.64. The lowest BCUT2D eigenvalue weighted by atomic mass is 9.56. The van der Waals surface area contributed by atoms with Gasteiger partial charge in [-0.25, -0.2) is 4.79 Å². The van der Waals surface area contributed by atoms with Crippen LogP contribution in [0.25, 0.3) is 0 Å². The van der Waals surface area contributed by atoms with Gasteiger partial charge in [0.1, 0.15) is 0 Å². The molecule has 146 valence electrons. The second-order valence-electron chi connectivity index (χ2n) is 8.66. The molecule has 1 spiro atoms. The third kappa shape index (κ3) is 3.44. The minimum Gasteiger partial charge on any atom is -0.453 e. The van der Waals surface area contributed by atoms with Crippen molar-refractivity contribution >= 4 is 12.0 Å². The number of fused-ring (bicyclic) bond motifs is 1. The zero-order valence-electron chi connectivity index (χ0n) is 16.4. The number of nitrogens with one attached hydrogen (secondary N) is 1. The Labute approximate surface area is 161 Å². The second-order valence-corrected chi connectivity index (χ2v) is 8.66. The number of aryl methyl sites for hydroxylation is 2. The SMILES string of the molecule is CC[C@H](CNC(=O)OC)C(=O)N1CC2(CC(c3ccc4c(c3)CCC4)C2)C1. The van der Waals surface area contributed by atoms with Crippen molar-refractivity contribution in [1.29, 1.82) is 0 Å². The maximum atomic E-state index is 12.7. The third-order valence-corrected chi connectivity index (χ3v) is 6.84. The Morgan fingerprint density at radius 1 is 1.26 bits per heavy atom. The summed E-state index contributed by atoms with van der Waals surface area (Å²) in [5.41, 5.74) is 4.94. The summed E-state index contributed by atoms with van der Waals surface area (Å²) in [6.45, 7) is 4.09. The topological polar surface area (TPSA) is 58.6 Å². The van der Waals surface area contributed by atoms with E-state index in [1.807, 2.05) is 11.8 Å². The Balaban J connectivity index is 1.27. The van der Waals surface area contributed by atoms with Gasteiger partial charge in [-0.1, -0.05) is 25.1 Å². The number of carbonyl (C=O) groups is 2. The van der Waals surface area contributed by atoms with Crippen molar-refractivity contribution in [1.82, 2.24) is 10.2 Å². The van der Waals surface area contributed by atoms with Gasteiger partial charge in [-0.3, -0.25) is 4.79 Å². The molecule has 1 saturated heterocycles. The first-order chi connectivity index (χ1) is 13.0. The Bertz CT molecular complexity index is 731. The molecular weight excluding hydrogens is 340 g/mol. The predicted molar refractivity (Wildman–Crippen MR) is 104 cm³/mol. The average Bonchev–Trinajstić information content (AvgIpc) is 3.07. The Morgan fingerprint density at radius 2 is 2.00 bits per heavy atom. The van der Waals surface area contributed by atoms with E-state index in [1.54, 1.807) is 11.1 Å². The molecule has 0 radical (unpaired) electrons. The minimum absolute atomic E-state index is 0.158. The summed E-state index contributed by atoms with van der Waals surface area (Å²) in [7, 11) is 1.34. The molecule has 27 heavy (non-hydrogen) atoms. The Morgan fingerprint density at radius 3 is 2.70 bits per heavy atom. The number of alkyl carbamates (subject to hydrolysis) is 1. The fourth-order valence-corrected chi connectivity index (χ4v) is 5.19. The number of methoxy groups -OCH3 is 1. The highest BCUT2D eigenvalue weighted by molar-refractivity contribution is 5.80. The third-order valence-electron chi connectivity index (χ3n) is 6.84. The first-order valence-electron chi connectivity index (χ1n) is 10.3. The molecule has 1 atom stereocenters. The number of amides is 2. The maximum absolute atomic E-state index is 12.7. The van der Waals surface area contributed by atoms with Crippen LogP contribution >= 0.6 is 0 Å². The van der Waals surface area contributed by atoms with E-state index < -0.39 is 6.09 Å². The van der Waals surface area contributed by atoms with Gasteiger partial charge in [0.05, 0.1) is 13.0 Å². The molecule has 0 aromatic heterocycles. The van der Waals surface area contributed by atoms with Gasteiger partial charge in [-0.15, -0.1) is 0 Å². The van der Waals surface area contributed by atoms with Crippen LogP contribution in [0, 0.1) is 11.3 Å². The molecule has 1 saturated carbocycles. The molecule has 1 aromatic rings. The Hall–Kier alpha value is -2.04. The summed E-state index contributed by atoms with van der Waals surface area (Å²) in [4.78, 5) is 25.9. The number of ether oxygens (including phenoxy) is 1. The van der Waals surface area contributed by atoms with Crippen LogP contribution in [-0.2, 0) is 22.4 Å². The van der Waals surface area contributed by atoms with Crippen LogP contribution in [0.3, 0.4) is 0 Å². The van der Waals surface area contributed by atoms with E-state index in [1.165, 1.54) is 44.8 Å². The first-order valence-corrected chi connectivity index (χ1v) is 10.3. The lowest BCUT2D eigenvalue weighted by molar-refractivity contribution is -0.155. The van der Waals surface area contributed by atoms with Crippen LogP contribution < -0.4 is 5.32 Å². The van der Waals surface area contributed by atoms with Gasteiger partial charge in [-0.2, -0.15) is 0 Å². The van der Waals surface area contributed by atoms with Gasteiger partial charge < -0.3 is 15.0 Å². The summed E-state index contributed by atoms with van der Waals surface area (Å²) in [6.07, 6.45) is 6.43. The fourth-order valence-electron chi connectivity index (χ4n) is 5.19. The molecule has 0 unspecified atom stereocenters. The van der Waals surface area contributed by atoms with Crippen molar-refractivity contribution in [3.05, 3.63) is 34.9 Å². The van der Waals surface area contributed by atoms with Gasteiger partial charge in [-0.05, 0) is 61.1 Å². The zero-order valence-corrected chi connectivity index (χ0v) is 16.4. The standard InChI is InChI=1S/C22H30N2O3/c1-3-15(12-23-21(26)27-2)20(25)24-13-22(14-24)10-19(11-22)18-8-7-16-5-4-6-17(16)9-18/h7-9,15,19H,3-6,10-14H2,1-2H3,(H,23,26)/t15-/m1/s1. The normalized spacial score (nSPS) is 21.2. The number of nitrogens with zero attached hydrogens (tertiary/aromatic N) is 1. The summed E-state index contributed by atoms with van der Waals surface area (Å²) in [5, 5.41) is 2.66. The molecule has 2 amide bonds. The van der Waals surface area contributed by atoms with Crippen LogP contribution in [0.5, 0.6) is 0 Å². The molecule has 2 fully saturated rings. The quantitative estimate of drug-likeness (QED) is 0.865. The van der Waals surface area contributed by atoms with Crippen LogP contribution in [0.2, 0.25) is 0 Å². The van der Waals surface area contributed by atoms with Crippen molar-refractivity contribution in [2.24, 2.45) is 11.3 Å². The highest BCUT2D eigenvalue weighted by Crippen LogP contribution is 2.56. The number of likely N-dealkylation sites (tertiary alicyclic amines) is 1. The van der Waals surface area contributed by atoms with E-state index in [0.29, 0.717) is 17.9 Å². The smallest absolute Gasteiger partial charge is 0.406 e. The monoisotopic (exact) mass is 370 g/mol. The molecule has 5 nitrogen and oxygen atoms in total. The van der Waals surface area contributed by atoms with E-state index in [-0.39, 0.29) is 11.8 Å². The highest BCUT2D eigenvalue weighted by Gasteiger charge is 2.54. The van der Waals surface area contributed by atoms with Gasteiger partial charge in [0.15, 0.2) is 0 Å². The second kappa shape index (κ2) is 7.17. The molecule has 0 bridgehead atoms. The van der Waals surface area contributed by atoms with E-state index in [2.05, 4.69) is 28.3 Å². The van der Waals surface area contributed by atoms with E-state index in [0.717, 1.165) is 19.5 Å². The van der Waals surface area contributed by atoms with Crippen LogP contribution in [-0.4, -0.2) is 43.6 Å². The Kier molecular flexibility index (Phi) is 4.87. The lowest BCUT2D eigenvalue weighted by Gasteiger charge is -2.59. The van der Waals surface area contributed by atoms with Crippen LogP contribution in [0.4, 0.5) is 4.79 Å². The van der Waals surface area contributed by atoms with Gasteiger partial charge >= 0.3 is 6.09 Å². The van der Waals surface area contributed by atoms with Crippen molar-refractivity contribution in [2.45, 2.75) is 51.4 Å². The van der Waals surface area contributed by atoms with Gasteiger partial charge in [0, 0.05) is 25.0 Å². The van der Waals surface area contributed by atoms with Gasteiger partial charge in [0.25, 0.3) is 0 Å². The summed E-state index contributed by atoms with van der Waals surface area (Å²) in [5.74, 6) is 0.672. The van der Waals surface area contributed by atoms with Crippen molar-refractivity contribution in [3.63, 3.8) is 0 Å². The van der Waals surface area contributed by atoms with Crippen molar-refractivity contribution < 1.29 is 14.3 Å². The first kappa shape index (κ1) is 18.3. The molecule has 1 aromatic carbocycles. The number of benzene rings is 1. The van der Waals surface area contributed by atoms with Crippen molar-refractivity contribution in [3.8, 4) is 0 Å². The summed E-state index contributed by atoms with van der Waals surface area (Å²) in [6, 6.07) is 7.10. The molecule has 1 N–H and O–H groups in total. The summed E-state index contributed by atoms with van der Waals surface area (Å²) >= 11 is 0. The number of carbonyl (C=O) groups excluding carboxylic acids is 2. The molecule has 1 aliphatic heterocycles. The molecule has 4 rings (SSSR count). The summed E-state index contributed by atoms with van der Waals surface area (Å²) < 4.78 is 4.59. The zero-order chi connectivity index (χ0) is 19.0. The van der Waals surface area contributed by atoms with E-state index in [4.69, 9.17) is 0 Å². The highest BCUT2D eigenvalue weighted by atomic mass is 16.5. The molecule has 3 aliphatic rings. The number of hydrogen-bond donors (Lipinski definition) is 1. The minimum atomic E-state index is -0.475. The predicted octanol–water partition coefficient (Wildman–Crippen LogP) is 3.26. The largest absolute Gasteiger partial charge is 0.453 e. The van der Waals surface area contributed by atoms with Crippen LogP contribution in [0.1, 0.15) is 55.2 Å². The van der Waals surface area contributed by atoms with E-state index in [9.17, 15) is 9.59 Å².